The summed E-state index contributed by atoms with van der Waals surface area (Å²) >= 11 is 0. The first kappa shape index (κ1) is 19.7. The third kappa shape index (κ3) is 6.00. The largest absolute Gasteiger partial charge is 0.490 e. The minimum absolute atomic E-state index is 0.0438. The number of nitrogens with one attached hydrogen (secondary N) is 1. The predicted molar refractivity (Wildman–Crippen MR) is 94.2 cm³/mol. The Balaban J connectivity index is 1.95. The maximum absolute atomic E-state index is 12.4. The minimum Gasteiger partial charge on any atom is -0.490 e. The van der Waals surface area contributed by atoms with Crippen LogP contribution in [0.1, 0.15) is 18.1 Å². The zero-order valence-corrected chi connectivity index (χ0v) is 14.5. The molecule has 0 bridgehead atoms. The van der Waals surface area contributed by atoms with Crippen molar-refractivity contribution < 1.29 is 23.0 Å². The quantitative estimate of drug-likeness (QED) is 0.718. The highest BCUT2D eigenvalue weighted by atomic mass is 19.3. The second kappa shape index (κ2) is 9.72. The number of amides is 1. The number of carbonyl (C=O) groups excluding carboxylic acids is 1. The summed E-state index contributed by atoms with van der Waals surface area (Å²) in [4.78, 5) is 12.2. The van der Waals surface area contributed by atoms with Crippen LogP contribution in [-0.4, -0.2) is 25.2 Å². The molecule has 0 aromatic heterocycles. The van der Waals surface area contributed by atoms with Gasteiger partial charge in [-0.2, -0.15) is 8.78 Å². The molecule has 26 heavy (non-hydrogen) atoms. The Morgan fingerprint density at radius 3 is 2.50 bits per heavy atom. The van der Waals surface area contributed by atoms with Gasteiger partial charge >= 0.3 is 6.61 Å². The molecule has 0 fully saturated rings. The van der Waals surface area contributed by atoms with E-state index in [-0.39, 0.29) is 24.0 Å². The number of alkyl halides is 2. The Morgan fingerprint density at radius 2 is 1.85 bits per heavy atom. The molecule has 0 radical (unpaired) electrons. The Morgan fingerprint density at radius 1 is 1.12 bits per heavy atom. The summed E-state index contributed by atoms with van der Waals surface area (Å²) in [7, 11) is 0. The van der Waals surface area contributed by atoms with E-state index in [1.807, 2.05) is 30.3 Å². The van der Waals surface area contributed by atoms with Gasteiger partial charge in [0.05, 0.1) is 12.6 Å². The van der Waals surface area contributed by atoms with Gasteiger partial charge in [-0.15, -0.1) is 0 Å². The molecule has 2 aromatic rings. The van der Waals surface area contributed by atoms with Crippen LogP contribution < -0.4 is 20.5 Å². The number of rotatable bonds is 9. The molecule has 0 heterocycles. The van der Waals surface area contributed by atoms with Gasteiger partial charge in [0.2, 0.25) is 5.91 Å². The SMILES string of the molecule is CCOc1cc(CNC(=O)[C@@H](N)Cc2ccccc2)ccc1OC(F)F. The summed E-state index contributed by atoms with van der Waals surface area (Å²) in [5.41, 5.74) is 7.59. The van der Waals surface area contributed by atoms with Crippen molar-refractivity contribution in [2.45, 2.75) is 32.5 Å². The van der Waals surface area contributed by atoms with Crippen LogP contribution in [0.4, 0.5) is 8.78 Å². The second-order valence-corrected chi connectivity index (χ2v) is 5.61. The molecule has 1 amide bonds. The molecule has 0 unspecified atom stereocenters. The van der Waals surface area contributed by atoms with Crippen LogP contribution in [0.25, 0.3) is 0 Å². The lowest BCUT2D eigenvalue weighted by atomic mass is 10.1. The third-order valence-corrected chi connectivity index (χ3v) is 3.63. The first-order valence-electron chi connectivity index (χ1n) is 8.27. The van der Waals surface area contributed by atoms with Crippen LogP contribution in [0.2, 0.25) is 0 Å². The van der Waals surface area contributed by atoms with Gasteiger partial charge in [0, 0.05) is 6.54 Å². The molecule has 7 heteroatoms. The molecule has 0 saturated carbocycles. The van der Waals surface area contributed by atoms with E-state index in [0.717, 1.165) is 5.56 Å². The van der Waals surface area contributed by atoms with Gasteiger partial charge in [-0.3, -0.25) is 4.79 Å². The van der Waals surface area contributed by atoms with Gasteiger partial charge in [-0.05, 0) is 36.6 Å². The lowest BCUT2D eigenvalue weighted by Crippen LogP contribution is -2.41. The van der Waals surface area contributed by atoms with Crippen molar-refractivity contribution in [3.05, 3.63) is 59.7 Å². The number of nitrogens with two attached hydrogens (primary N) is 1. The van der Waals surface area contributed by atoms with Crippen molar-refractivity contribution in [2.75, 3.05) is 6.61 Å². The molecule has 2 aromatic carbocycles. The highest BCUT2D eigenvalue weighted by Gasteiger charge is 2.15. The second-order valence-electron chi connectivity index (χ2n) is 5.61. The molecule has 0 spiro atoms. The molecule has 0 saturated heterocycles. The van der Waals surface area contributed by atoms with E-state index in [4.69, 9.17) is 10.5 Å². The minimum atomic E-state index is -2.93. The summed E-state index contributed by atoms with van der Waals surface area (Å²) in [6, 6.07) is 13.3. The Kier molecular flexibility index (Phi) is 7.35. The molecule has 0 aliphatic carbocycles. The molecular formula is C19H22F2N2O3. The number of benzene rings is 2. The van der Waals surface area contributed by atoms with Crippen molar-refractivity contribution in [3.8, 4) is 11.5 Å². The summed E-state index contributed by atoms with van der Waals surface area (Å²) in [6.07, 6.45) is 0.429. The Bertz CT molecular complexity index is 711. The van der Waals surface area contributed by atoms with E-state index in [9.17, 15) is 13.6 Å². The normalized spacial score (nSPS) is 11.9. The fourth-order valence-corrected chi connectivity index (χ4v) is 2.41. The van der Waals surface area contributed by atoms with E-state index < -0.39 is 12.7 Å². The van der Waals surface area contributed by atoms with Crippen LogP contribution in [0, 0.1) is 0 Å². The molecule has 1 atom stereocenters. The molecule has 140 valence electrons. The van der Waals surface area contributed by atoms with E-state index in [0.29, 0.717) is 18.6 Å². The number of carbonyl (C=O) groups is 1. The van der Waals surface area contributed by atoms with E-state index >= 15 is 0 Å². The predicted octanol–water partition coefficient (Wildman–Crippen LogP) is 2.87. The lowest BCUT2D eigenvalue weighted by Gasteiger charge is -2.15. The average molecular weight is 364 g/mol. The van der Waals surface area contributed by atoms with E-state index in [2.05, 4.69) is 10.1 Å². The summed E-state index contributed by atoms with van der Waals surface area (Å²) in [5.74, 6) is -0.134. The smallest absolute Gasteiger partial charge is 0.387 e. The van der Waals surface area contributed by atoms with Gasteiger partial charge < -0.3 is 20.5 Å². The number of ether oxygens (including phenoxy) is 2. The third-order valence-electron chi connectivity index (χ3n) is 3.63. The lowest BCUT2D eigenvalue weighted by molar-refractivity contribution is -0.122. The maximum Gasteiger partial charge on any atom is 0.387 e. The topological polar surface area (TPSA) is 73.6 Å². The van der Waals surface area contributed by atoms with Crippen molar-refractivity contribution in [3.63, 3.8) is 0 Å². The first-order valence-corrected chi connectivity index (χ1v) is 8.27. The van der Waals surface area contributed by atoms with Crippen molar-refractivity contribution in [1.82, 2.24) is 5.32 Å². The fourth-order valence-electron chi connectivity index (χ4n) is 2.41. The molecule has 5 nitrogen and oxygen atoms in total. The number of hydrogen-bond acceptors (Lipinski definition) is 4. The summed E-state index contributed by atoms with van der Waals surface area (Å²) in [6.45, 7) is -0.688. The van der Waals surface area contributed by atoms with Crippen LogP contribution in [0.3, 0.4) is 0 Å². The molecule has 3 N–H and O–H groups in total. The van der Waals surface area contributed by atoms with Gasteiger partial charge in [0.25, 0.3) is 0 Å². The van der Waals surface area contributed by atoms with Gasteiger partial charge in [-0.1, -0.05) is 36.4 Å². The van der Waals surface area contributed by atoms with E-state index in [1.165, 1.54) is 6.07 Å². The zero-order chi connectivity index (χ0) is 18.9. The Labute approximate surface area is 151 Å². The molecule has 0 aliphatic rings. The average Bonchev–Trinajstić information content (AvgIpc) is 2.62. The molecule has 0 aliphatic heterocycles. The highest BCUT2D eigenvalue weighted by molar-refractivity contribution is 5.81. The highest BCUT2D eigenvalue weighted by Crippen LogP contribution is 2.29. The van der Waals surface area contributed by atoms with E-state index in [1.54, 1.807) is 19.1 Å². The standard InChI is InChI=1S/C19H22F2N2O3/c1-2-25-17-11-14(8-9-16(17)26-19(20)21)12-23-18(24)15(22)10-13-6-4-3-5-7-13/h3-9,11,15,19H,2,10,12,22H2,1H3,(H,23,24)/t15-/m0/s1. The molecule has 2 rings (SSSR count). The maximum atomic E-state index is 12.4. The van der Waals surface area contributed by atoms with Crippen LogP contribution in [0.5, 0.6) is 11.5 Å². The summed E-state index contributed by atoms with van der Waals surface area (Å²) < 4.78 is 34.6. The monoisotopic (exact) mass is 364 g/mol. The number of halogens is 2. The van der Waals surface area contributed by atoms with Gasteiger partial charge in [0.15, 0.2) is 11.5 Å². The van der Waals surface area contributed by atoms with Crippen LogP contribution in [-0.2, 0) is 17.8 Å². The first-order chi connectivity index (χ1) is 12.5. The molecular weight excluding hydrogens is 342 g/mol. The van der Waals surface area contributed by atoms with Crippen molar-refractivity contribution >= 4 is 5.91 Å². The van der Waals surface area contributed by atoms with Gasteiger partial charge in [0.1, 0.15) is 0 Å². The van der Waals surface area contributed by atoms with Gasteiger partial charge in [-0.25, -0.2) is 0 Å². The number of hydrogen-bond donors (Lipinski definition) is 2. The Hall–Kier alpha value is -2.67. The van der Waals surface area contributed by atoms with Crippen LogP contribution in [0.15, 0.2) is 48.5 Å². The van der Waals surface area contributed by atoms with Crippen molar-refractivity contribution in [2.24, 2.45) is 5.73 Å². The van der Waals surface area contributed by atoms with Crippen molar-refractivity contribution in [1.29, 1.82) is 0 Å². The summed E-state index contributed by atoms with van der Waals surface area (Å²) in [5, 5.41) is 2.74. The fraction of sp³-hybridized carbons (Fsp3) is 0.316. The van der Waals surface area contributed by atoms with Crippen LogP contribution >= 0.6 is 0 Å². The zero-order valence-electron chi connectivity index (χ0n) is 14.5.